The van der Waals surface area contributed by atoms with E-state index in [1.807, 2.05) is 42.7 Å². The summed E-state index contributed by atoms with van der Waals surface area (Å²) >= 11 is 0. The van der Waals surface area contributed by atoms with Crippen molar-refractivity contribution < 1.29 is 0 Å². The lowest BCUT2D eigenvalue weighted by atomic mass is 9.98. The molecule has 0 radical (unpaired) electrons. The lowest BCUT2D eigenvalue weighted by molar-refractivity contribution is 0.367. The maximum Gasteiger partial charge on any atom is 0.207 e. The molecule has 0 aliphatic heterocycles. The number of nitrogens with zero attached hydrogens (tertiary/aromatic N) is 2. The van der Waals surface area contributed by atoms with Gasteiger partial charge in [-0.3, -0.25) is 0 Å². The molecule has 3 nitrogen and oxygen atoms in total. The Morgan fingerprint density at radius 2 is 1.89 bits per heavy atom. The first kappa shape index (κ1) is 12.7. The summed E-state index contributed by atoms with van der Waals surface area (Å²) in [7, 11) is 0. The molecular formula is C15H21N3. The summed E-state index contributed by atoms with van der Waals surface area (Å²) in [6.07, 6.45) is 3.88. The van der Waals surface area contributed by atoms with Crippen molar-refractivity contribution in [3.8, 4) is 0 Å². The van der Waals surface area contributed by atoms with Crippen molar-refractivity contribution >= 4 is 11.6 Å². The Bertz CT molecular complexity index is 473. The monoisotopic (exact) mass is 243 g/mol. The largest absolute Gasteiger partial charge is 0.326 e. The molecule has 18 heavy (non-hydrogen) atoms. The van der Waals surface area contributed by atoms with E-state index in [4.69, 9.17) is 0 Å². The van der Waals surface area contributed by atoms with Crippen molar-refractivity contribution in [2.45, 2.75) is 27.3 Å². The van der Waals surface area contributed by atoms with Gasteiger partial charge in [0.25, 0.3) is 0 Å². The van der Waals surface area contributed by atoms with Crippen molar-refractivity contribution in [1.29, 1.82) is 0 Å². The molecule has 0 bridgehead atoms. The molecule has 0 spiro atoms. The van der Waals surface area contributed by atoms with E-state index < -0.39 is 0 Å². The lowest BCUT2D eigenvalue weighted by Crippen LogP contribution is -2.14. The quantitative estimate of drug-likeness (QED) is 0.862. The second-order valence-corrected chi connectivity index (χ2v) is 5.12. The molecule has 1 atom stereocenters. The second-order valence-electron chi connectivity index (χ2n) is 5.12. The van der Waals surface area contributed by atoms with Crippen LogP contribution in [0.3, 0.4) is 0 Å². The van der Waals surface area contributed by atoms with Crippen molar-refractivity contribution in [2.75, 3.05) is 5.32 Å². The van der Waals surface area contributed by atoms with E-state index in [2.05, 4.69) is 35.6 Å². The molecule has 96 valence electrons. The Balaban J connectivity index is 2.08. The first-order valence-electron chi connectivity index (χ1n) is 6.50. The van der Waals surface area contributed by atoms with Gasteiger partial charge >= 0.3 is 0 Å². The summed E-state index contributed by atoms with van der Waals surface area (Å²) in [5.41, 5.74) is 1.07. The Hall–Kier alpha value is -1.77. The van der Waals surface area contributed by atoms with Gasteiger partial charge in [0.2, 0.25) is 5.95 Å². The average Bonchev–Trinajstić information content (AvgIpc) is 2.78. The van der Waals surface area contributed by atoms with Gasteiger partial charge in [-0.2, -0.15) is 0 Å². The SMILES string of the molecule is CC(C)C(C)Cn1ccnc1Nc1ccccc1. The normalized spacial score (nSPS) is 12.7. The Morgan fingerprint density at radius 1 is 1.17 bits per heavy atom. The highest BCUT2D eigenvalue weighted by Crippen LogP contribution is 2.18. The third-order valence-corrected chi connectivity index (χ3v) is 3.37. The fourth-order valence-corrected chi connectivity index (χ4v) is 1.75. The Labute approximate surface area is 109 Å². The average molecular weight is 243 g/mol. The van der Waals surface area contributed by atoms with E-state index >= 15 is 0 Å². The summed E-state index contributed by atoms with van der Waals surface area (Å²) in [6, 6.07) is 10.1. The van der Waals surface area contributed by atoms with Crippen LogP contribution in [0.1, 0.15) is 20.8 Å². The van der Waals surface area contributed by atoms with Crippen LogP contribution >= 0.6 is 0 Å². The van der Waals surface area contributed by atoms with Gasteiger partial charge in [-0.15, -0.1) is 0 Å². The number of rotatable bonds is 5. The van der Waals surface area contributed by atoms with Crippen LogP contribution in [0.5, 0.6) is 0 Å². The van der Waals surface area contributed by atoms with Crippen LogP contribution in [0, 0.1) is 11.8 Å². The molecule has 1 aromatic carbocycles. The maximum absolute atomic E-state index is 4.38. The van der Waals surface area contributed by atoms with E-state index in [0.29, 0.717) is 11.8 Å². The highest BCUT2D eigenvalue weighted by Gasteiger charge is 2.10. The zero-order valence-corrected chi connectivity index (χ0v) is 11.3. The minimum absolute atomic E-state index is 0.635. The minimum Gasteiger partial charge on any atom is -0.326 e. The zero-order chi connectivity index (χ0) is 13.0. The minimum atomic E-state index is 0.635. The van der Waals surface area contributed by atoms with Crippen molar-refractivity contribution in [1.82, 2.24) is 9.55 Å². The predicted molar refractivity (Wildman–Crippen MR) is 76.0 cm³/mol. The number of hydrogen-bond donors (Lipinski definition) is 1. The van der Waals surface area contributed by atoms with Crippen molar-refractivity contribution in [2.24, 2.45) is 11.8 Å². The third kappa shape index (κ3) is 3.13. The van der Waals surface area contributed by atoms with Crippen LogP contribution in [0.25, 0.3) is 0 Å². The van der Waals surface area contributed by atoms with Gasteiger partial charge in [-0.25, -0.2) is 4.98 Å². The number of para-hydroxylation sites is 1. The van der Waals surface area contributed by atoms with Gasteiger partial charge in [0.05, 0.1) is 0 Å². The Kier molecular flexibility index (Phi) is 4.03. The fraction of sp³-hybridized carbons (Fsp3) is 0.400. The van der Waals surface area contributed by atoms with Gasteiger partial charge in [0.15, 0.2) is 0 Å². The second kappa shape index (κ2) is 5.71. The lowest BCUT2D eigenvalue weighted by Gasteiger charge is -2.18. The molecule has 0 saturated carbocycles. The van der Waals surface area contributed by atoms with E-state index in [1.165, 1.54) is 0 Å². The number of nitrogens with one attached hydrogen (secondary N) is 1. The molecule has 0 fully saturated rings. The predicted octanol–water partition coefficient (Wildman–Crippen LogP) is 3.92. The molecule has 3 heteroatoms. The van der Waals surface area contributed by atoms with Crippen LogP contribution in [0.4, 0.5) is 11.6 Å². The molecule has 0 aliphatic carbocycles. The van der Waals surface area contributed by atoms with Gasteiger partial charge in [-0.1, -0.05) is 39.0 Å². The van der Waals surface area contributed by atoms with Gasteiger partial charge in [-0.05, 0) is 24.0 Å². The van der Waals surface area contributed by atoms with E-state index in [1.54, 1.807) is 0 Å². The van der Waals surface area contributed by atoms with Gasteiger partial charge in [0, 0.05) is 24.6 Å². The molecule has 1 heterocycles. The number of aromatic nitrogens is 2. The van der Waals surface area contributed by atoms with Gasteiger partial charge < -0.3 is 9.88 Å². The summed E-state index contributed by atoms with van der Waals surface area (Å²) in [5, 5.41) is 3.35. The molecule has 1 N–H and O–H groups in total. The summed E-state index contributed by atoms with van der Waals surface area (Å²) in [4.78, 5) is 4.38. The maximum atomic E-state index is 4.38. The Morgan fingerprint density at radius 3 is 2.56 bits per heavy atom. The van der Waals surface area contributed by atoms with Crippen molar-refractivity contribution in [3.05, 3.63) is 42.7 Å². The highest BCUT2D eigenvalue weighted by atomic mass is 15.2. The summed E-state index contributed by atoms with van der Waals surface area (Å²) < 4.78 is 2.18. The van der Waals surface area contributed by atoms with Gasteiger partial charge in [0.1, 0.15) is 0 Å². The topological polar surface area (TPSA) is 29.9 Å². The fourth-order valence-electron chi connectivity index (χ4n) is 1.75. The third-order valence-electron chi connectivity index (χ3n) is 3.37. The zero-order valence-electron chi connectivity index (χ0n) is 11.3. The number of anilines is 2. The molecule has 0 amide bonds. The summed E-state index contributed by atoms with van der Waals surface area (Å²) in [6.45, 7) is 7.78. The first-order valence-corrected chi connectivity index (χ1v) is 6.50. The van der Waals surface area contributed by atoms with Crippen LogP contribution in [0.15, 0.2) is 42.7 Å². The van der Waals surface area contributed by atoms with Crippen LogP contribution in [-0.4, -0.2) is 9.55 Å². The summed E-state index contributed by atoms with van der Waals surface area (Å²) in [5.74, 6) is 2.22. The van der Waals surface area contributed by atoms with Crippen LogP contribution < -0.4 is 5.32 Å². The van der Waals surface area contributed by atoms with Crippen LogP contribution in [-0.2, 0) is 6.54 Å². The number of imidazole rings is 1. The molecule has 2 rings (SSSR count). The number of hydrogen-bond acceptors (Lipinski definition) is 2. The van der Waals surface area contributed by atoms with Crippen LogP contribution in [0.2, 0.25) is 0 Å². The van der Waals surface area contributed by atoms with E-state index in [-0.39, 0.29) is 0 Å². The molecule has 2 aromatic rings. The number of benzene rings is 1. The molecule has 0 saturated heterocycles. The smallest absolute Gasteiger partial charge is 0.207 e. The molecule has 1 aromatic heterocycles. The molecule has 0 aliphatic rings. The van der Waals surface area contributed by atoms with E-state index in [9.17, 15) is 0 Å². The van der Waals surface area contributed by atoms with E-state index in [0.717, 1.165) is 18.2 Å². The first-order chi connectivity index (χ1) is 8.66. The molecular weight excluding hydrogens is 222 g/mol. The molecule has 1 unspecified atom stereocenters. The highest BCUT2D eigenvalue weighted by molar-refractivity contribution is 5.52. The van der Waals surface area contributed by atoms with Crippen molar-refractivity contribution in [3.63, 3.8) is 0 Å². The standard InChI is InChI=1S/C15H21N3/c1-12(2)13(3)11-18-10-9-16-15(18)17-14-7-5-4-6-8-14/h4-10,12-13H,11H2,1-3H3,(H,16,17).